The van der Waals surface area contributed by atoms with Gasteiger partial charge in [0.2, 0.25) is 5.91 Å². The molecule has 1 aromatic rings. The highest BCUT2D eigenvalue weighted by Gasteiger charge is 2.13. The third-order valence-electron chi connectivity index (χ3n) is 2.45. The molecule has 0 fully saturated rings. The first-order valence-electron chi connectivity index (χ1n) is 6.09. The summed E-state index contributed by atoms with van der Waals surface area (Å²) in [6, 6.07) is 7.78. The molecule has 3 nitrogen and oxygen atoms in total. The molecule has 0 aromatic heterocycles. The van der Waals surface area contributed by atoms with Crippen molar-refractivity contribution in [3.63, 3.8) is 0 Å². The van der Waals surface area contributed by atoms with Crippen LogP contribution in [0.25, 0.3) is 0 Å². The molecule has 1 N–H and O–H groups in total. The van der Waals surface area contributed by atoms with Crippen LogP contribution < -0.4 is 10.1 Å². The number of carbonyl (C=O) groups excluding carboxylic acids is 1. The molecule has 0 radical (unpaired) electrons. The fourth-order valence-corrected chi connectivity index (χ4v) is 1.62. The molecule has 1 unspecified atom stereocenters. The van der Waals surface area contributed by atoms with E-state index in [-0.39, 0.29) is 18.1 Å². The minimum atomic E-state index is -0.0302. The lowest BCUT2D eigenvalue weighted by Crippen LogP contribution is -2.26. The minimum absolute atomic E-state index is 0.0302. The van der Waals surface area contributed by atoms with Crippen LogP contribution in [0.5, 0.6) is 5.75 Å². The zero-order chi connectivity index (χ0) is 12.8. The van der Waals surface area contributed by atoms with Crippen molar-refractivity contribution in [3.05, 3.63) is 29.8 Å². The van der Waals surface area contributed by atoms with Crippen LogP contribution in [-0.4, -0.2) is 12.0 Å². The van der Waals surface area contributed by atoms with Gasteiger partial charge in [-0.25, -0.2) is 0 Å². The van der Waals surface area contributed by atoms with Gasteiger partial charge in [0.05, 0.1) is 12.1 Å². The molecule has 0 spiro atoms. The number of hydrogen-bond acceptors (Lipinski definition) is 2. The van der Waals surface area contributed by atoms with Gasteiger partial charge in [0, 0.05) is 12.0 Å². The largest absolute Gasteiger partial charge is 0.491 e. The molecule has 17 heavy (non-hydrogen) atoms. The Kier molecular flexibility index (Phi) is 5.01. The summed E-state index contributed by atoms with van der Waals surface area (Å²) in [5.41, 5.74) is 1.02. The first-order chi connectivity index (χ1) is 8.04. The van der Waals surface area contributed by atoms with Crippen LogP contribution >= 0.6 is 0 Å². The summed E-state index contributed by atoms with van der Waals surface area (Å²) in [5.74, 6) is 0.892. The van der Waals surface area contributed by atoms with Gasteiger partial charge in [-0.05, 0) is 26.8 Å². The Morgan fingerprint density at radius 2 is 1.94 bits per heavy atom. The first-order valence-corrected chi connectivity index (χ1v) is 6.09. The van der Waals surface area contributed by atoms with Crippen molar-refractivity contribution >= 4 is 5.91 Å². The van der Waals surface area contributed by atoms with Crippen LogP contribution in [0.2, 0.25) is 0 Å². The Hall–Kier alpha value is -1.51. The maximum atomic E-state index is 11.4. The van der Waals surface area contributed by atoms with Crippen LogP contribution in [0.15, 0.2) is 24.3 Å². The van der Waals surface area contributed by atoms with E-state index < -0.39 is 0 Å². The molecule has 0 aliphatic heterocycles. The van der Waals surface area contributed by atoms with Crippen LogP contribution in [0.1, 0.15) is 45.7 Å². The standard InChI is InChI=1S/C14H21NO2/c1-5-14(16)15-11(4)12-8-6-7-9-13(12)17-10(2)3/h6-11H,5H2,1-4H3,(H,15,16). The molecular formula is C14H21NO2. The van der Waals surface area contributed by atoms with Crippen molar-refractivity contribution in [1.29, 1.82) is 0 Å². The predicted molar refractivity (Wildman–Crippen MR) is 69.1 cm³/mol. The van der Waals surface area contributed by atoms with Crippen LogP contribution in [0, 0.1) is 0 Å². The van der Waals surface area contributed by atoms with E-state index in [1.54, 1.807) is 0 Å². The topological polar surface area (TPSA) is 38.3 Å². The van der Waals surface area contributed by atoms with Gasteiger partial charge in [0.1, 0.15) is 5.75 Å². The number of amides is 1. The summed E-state index contributed by atoms with van der Waals surface area (Å²) in [5, 5.41) is 2.94. The van der Waals surface area contributed by atoms with Crippen molar-refractivity contribution in [2.24, 2.45) is 0 Å². The molecule has 0 bridgehead atoms. The van der Waals surface area contributed by atoms with Gasteiger partial charge in [-0.1, -0.05) is 25.1 Å². The number of rotatable bonds is 5. The lowest BCUT2D eigenvalue weighted by Gasteiger charge is -2.19. The Bertz CT molecular complexity index is 374. The monoisotopic (exact) mass is 235 g/mol. The SMILES string of the molecule is CCC(=O)NC(C)c1ccccc1OC(C)C. The van der Waals surface area contributed by atoms with Gasteiger partial charge in [0.15, 0.2) is 0 Å². The third-order valence-corrected chi connectivity index (χ3v) is 2.45. The van der Waals surface area contributed by atoms with Crippen LogP contribution in [0.4, 0.5) is 0 Å². The van der Waals surface area contributed by atoms with E-state index in [4.69, 9.17) is 4.74 Å². The molecular weight excluding hydrogens is 214 g/mol. The maximum absolute atomic E-state index is 11.4. The molecule has 1 aromatic carbocycles. The second-order valence-electron chi connectivity index (χ2n) is 4.35. The lowest BCUT2D eigenvalue weighted by molar-refractivity contribution is -0.121. The highest BCUT2D eigenvalue weighted by molar-refractivity contribution is 5.76. The number of ether oxygens (including phenoxy) is 1. The minimum Gasteiger partial charge on any atom is -0.491 e. The van der Waals surface area contributed by atoms with Crippen LogP contribution in [-0.2, 0) is 4.79 Å². The van der Waals surface area contributed by atoms with Gasteiger partial charge in [-0.3, -0.25) is 4.79 Å². The molecule has 94 valence electrons. The maximum Gasteiger partial charge on any atom is 0.220 e. The van der Waals surface area contributed by atoms with Gasteiger partial charge in [-0.15, -0.1) is 0 Å². The van der Waals surface area contributed by atoms with Gasteiger partial charge >= 0.3 is 0 Å². The fraction of sp³-hybridized carbons (Fsp3) is 0.500. The van der Waals surface area contributed by atoms with Crippen molar-refractivity contribution in [2.45, 2.75) is 46.3 Å². The van der Waals surface area contributed by atoms with E-state index in [9.17, 15) is 4.79 Å². The second-order valence-corrected chi connectivity index (χ2v) is 4.35. The summed E-state index contributed by atoms with van der Waals surface area (Å²) in [6.07, 6.45) is 0.627. The van der Waals surface area contributed by atoms with Crippen molar-refractivity contribution in [3.8, 4) is 5.75 Å². The van der Waals surface area contributed by atoms with Crippen molar-refractivity contribution in [2.75, 3.05) is 0 Å². The summed E-state index contributed by atoms with van der Waals surface area (Å²) >= 11 is 0. The van der Waals surface area contributed by atoms with E-state index in [2.05, 4.69) is 5.32 Å². The Labute approximate surface area is 103 Å². The lowest BCUT2D eigenvalue weighted by atomic mass is 10.1. The number of carbonyl (C=O) groups is 1. The fourth-order valence-electron chi connectivity index (χ4n) is 1.62. The summed E-state index contributed by atoms with van der Waals surface area (Å²) < 4.78 is 5.73. The van der Waals surface area contributed by atoms with Gasteiger partial charge in [-0.2, -0.15) is 0 Å². The highest BCUT2D eigenvalue weighted by atomic mass is 16.5. The van der Waals surface area contributed by atoms with Crippen LogP contribution in [0.3, 0.4) is 0 Å². The number of nitrogens with one attached hydrogen (secondary N) is 1. The molecule has 0 aliphatic rings. The molecule has 3 heteroatoms. The normalized spacial score (nSPS) is 12.3. The zero-order valence-electron chi connectivity index (χ0n) is 11.0. The zero-order valence-corrected chi connectivity index (χ0v) is 11.0. The van der Waals surface area contributed by atoms with E-state index in [1.165, 1.54) is 0 Å². The number of hydrogen-bond donors (Lipinski definition) is 1. The van der Waals surface area contributed by atoms with E-state index in [1.807, 2.05) is 52.0 Å². The summed E-state index contributed by atoms with van der Waals surface area (Å²) in [7, 11) is 0. The molecule has 1 rings (SSSR count). The molecule has 0 saturated carbocycles. The van der Waals surface area contributed by atoms with E-state index in [0.29, 0.717) is 6.42 Å². The van der Waals surface area contributed by atoms with Crippen molar-refractivity contribution in [1.82, 2.24) is 5.32 Å². The van der Waals surface area contributed by atoms with E-state index >= 15 is 0 Å². The molecule has 0 aliphatic carbocycles. The molecule has 1 amide bonds. The average molecular weight is 235 g/mol. The van der Waals surface area contributed by atoms with Gasteiger partial charge in [0.25, 0.3) is 0 Å². The van der Waals surface area contributed by atoms with E-state index in [0.717, 1.165) is 11.3 Å². The Morgan fingerprint density at radius 1 is 1.29 bits per heavy atom. The third kappa shape index (κ3) is 4.10. The Balaban J connectivity index is 2.84. The number of para-hydroxylation sites is 1. The molecule has 0 saturated heterocycles. The molecule has 1 atom stereocenters. The summed E-state index contributed by atoms with van der Waals surface area (Å²) in [4.78, 5) is 11.4. The number of benzene rings is 1. The van der Waals surface area contributed by atoms with Crippen molar-refractivity contribution < 1.29 is 9.53 Å². The molecule has 0 heterocycles. The Morgan fingerprint density at radius 3 is 2.53 bits per heavy atom. The van der Waals surface area contributed by atoms with Gasteiger partial charge < -0.3 is 10.1 Å². The highest BCUT2D eigenvalue weighted by Crippen LogP contribution is 2.25. The second kappa shape index (κ2) is 6.28. The quantitative estimate of drug-likeness (QED) is 0.851. The average Bonchev–Trinajstić information content (AvgIpc) is 2.28. The predicted octanol–water partition coefficient (Wildman–Crippen LogP) is 3.06. The summed E-state index contributed by atoms with van der Waals surface area (Å²) in [6.45, 7) is 7.80. The first kappa shape index (κ1) is 13.6. The smallest absolute Gasteiger partial charge is 0.220 e.